The van der Waals surface area contributed by atoms with Crippen LogP contribution in [0.5, 0.6) is 0 Å². The maximum Gasteiger partial charge on any atom is 0.408 e. The molecule has 0 aliphatic heterocycles. The first-order valence-corrected chi connectivity index (χ1v) is 15.0. The first kappa shape index (κ1) is 36.8. The fourth-order valence-electron chi connectivity index (χ4n) is 4.75. The molecule has 11 nitrogen and oxygen atoms in total. The Kier molecular flexibility index (Phi) is 12.7. The Morgan fingerprint density at radius 1 is 0.822 bits per heavy atom. The van der Waals surface area contributed by atoms with Gasteiger partial charge in [-0.1, -0.05) is 59.7 Å². The van der Waals surface area contributed by atoms with Crippen LogP contribution in [-0.2, 0) is 35.1 Å². The van der Waals surface area contributed by atoms with Crippen LogP contribution in [0.3, 0.4) is 0 Å². The Labute approximate surface area is 266 Å². The molecular weight excluding hydrogens is 576 g/mol. The van der Waals surface area contributed by atoms with E-state index in [0.29, 0.717) is 5.56 Å². The molecule has 0 aromatic heterocycles. The number of amides is 4. The van der Waals surface area contributed by atoms with Crippen LogP contribution in [0.15, 0.2) is 48.5 Å². The molecule has 0 aliphatic carbocycles. The van der Waals surface area contributed by atoms with Crippen molar-refractivity contribution in [3.63, 3.8) is 0 Å². The second kappa shape index (κ2) is 15.5. The summed E-state index contributed by atoms with van der Waals surface area (Å²) in [4.78, 5) is 67.0. The van der Waals surface area contributed by atoms with Crippen LogP contribution in [0.4, 0.5) is 4.79 Å². The number of nitrogens with two attached hydrogens (primary N) is 1. The summed E-state index contributed by atoms with van der Waals surface area (Å²) < 4.78 is 11.0. The number of esters is 1. The highest BCUT2D eigenvalue weighted by molar-refractivity contribution is 5.94. The fraction of sp³-hybridized carbons (Fsp3) is 0.500. The van der Waals surface area contributed by atoms with Gasteiger partial charge in [-0.05, 0) is 72.9 Å². The molecule has 2 rings (SSSR count). The van der Waals surface area contributed by atoms with Crippen LogP contribution in [0.2, 0.25) is 0 Å². The molecule has 45 heavy (non-hydrogen) atoms. The van der Waals surface area contributed by atoms with Crippen molar-refractivity contribution in [2.75, 3.05) is 7.05 Å². The largest absolute Gasteiger partial charge is 0.458 e. The molecule has 0 saturated carbocycles. The minimum Gasteiger partial charge on any atom is -0.458 e. The number of nitrogens with zero attached hydrogens (tertiary/aromatic N) is 1. The van der Waals surface area contributed by atoms with Gasteiger partial charge in [-0.25, -0.2) is 9.59 Å². The molecule has 4 N–H and O–H groups in total. The number of carbonyl (C=O) groups is 5. The van der Waals surface area contributed by atoms with Gasteiger partial charge in [-0.3, -0.25) is 14.4 Å². The highest BCUT2D eigenvalue weighted by Crippen LogP contribution is 2.25. The number of aryl methyl sites for hydroxylation is 2. The summed E-state index contributed by atoms with van der Waals surface area (Å²) in [5.74, 6) is -2.57. The third kappa shape index (κ3) is 12.6. The summed E-state index contributed by atoms with van der Waals surface area (Å²) in [6, 6.07) is 11.2. The second-order valence-corrected chi connectivity index (χ2v) is 13.3. The molecule has 0 radical (unpaired) electrons. The van der Waals surface area contributed by atoms with Gasteiger partial charge in [0.1, 0.15) is 29.3 Å². The Bertz CT molecular complexity index is 1340. The number of alkyl carbamates (subject to hydrolysis) is 1. The lowest BCUT2D eigenvalue weighted by molar-refractivity contribution is -0.159. The topological polar surface area (TPSA) is 157 Å². The van der Waals surface area contributed by atoms with Crippen molar-refractivity contribution in [1.29, 1.82) is 0 Å². The van der Waals surface area contributed by atoms with Gasteiger partial charge in [0, 0.05) is 19.9 Å². The predicted molar refractivity (Wildman–Crippen MR) is 171 cm³/mol. The highest BCUT2D eigenvalue weighted by atomic mass is 16.6. The maximum absolute atomic E-state index is 14.2. The summed E-state index contributed by atoms with van der Waals surface area (Å²) >= 11 is 0. The average Bonchev–Trinajstić information content (AvgIpc) is 2.88. The Morgan fingerprint density at radius 2 is 1.38 bits per heavy atom. The number of hydrogen-bond donors (Lipinski definition) is 3. The fourth-order valence-corrected chi connectivity index (χ4v) is 4.75. The second-order valence-electron chi connectivity index (χ2n) is 13.3. The van der Waals surface area contributed by atoms with E-state index in [4.69, 9.17) is 15.2 Å². The van der Waals surface area contributed by atoms with Crippen molar-refractivity contribution in [1.82, 2.24) is 15.5 Å². The lowest BCUT2D eigenvalue weighted by Gasteiger charge is -2.33. The molecule has 246 valence electrons. The number of likely N-dealkylation sites (N-methyl/N-ethyl adjacent to an activating group) is 1. The first-order chi connectivity index (χ1) is 20.8. The number of carbonyl (C=O) groups excluding carboxylic acids is 5. The zero-order valence-corrected chi connectivity index (χ0v) is 27.9. The van der Waals surface area contributed by atoms with Gasteiger partial charge in [-0.2, -0.15) is 0 Å². The van der Waals surface area contributed by atoms with E-state index in [0.717, 1.165) is 16.7 Å². The van der Waals surface area contributed by atoms with Crippen molar-refractivity contribution in [3.8, 4) is 0 Å². The monoisotopic (exact) mass is 624 g/mol. The molecule has 2 aromatic rings. The lowest BCUT2D eigenvalue weighted by Crippen LogP contribution is -2.54. The van der Waals surface area contributed by atoms with Gasteiger partial charge < -0.3 is 30.7 Å². The summed E-state index contributed by atoms with van der Waals surface area (Å²) in [6.07, 6.45) is -1.02. The van der Waals surface area contributed by atoms with E-state index in [1.54, 1.807) is 53.7 Å². The first-order valence-electron chi connectivity index (χ1n) is 15.0. The van der Waals surface area contributed by atoms with Crippen molar-refractivity contribution in [3.05, 3.63) is 70.8 Å². The van der Waals surface area contributed by atoms with Gasteiger partial charge in [-0.15, -0.1) is 0 Å². The third-order valence-electron chi connectivity index (χ3n) is 6.50. The molecule has 0 saturated heterocycles. The van der Waals surface area contributed by atoms with E-state index in [-0.39, 0.29) is 19.3 Å². The highest BCUT2D eigenvalue weighted by Gasteiger charge is 2.37. The summed E-state index contributed by atoms with van der Waals surface area (Å²) in [7, 11) is 1.43. The number of benzene rings is 2. The summed E-state index contributed by atoms with van der Waals surface area (Å²) in [5.41, 5.74) is 6.71. The van der Waals surface area contributed by atoms with Gasteiger partial charge in [0.2, 0.25) is 17.7 Å². The Hall–Kier alpha value is -4.41. The normalized spacial score (nSPS) is 13.5. The van der Waals surface area contributed by atoms with Gasteiger partial charge >= 0.3 is 12.1 Å². The van der Waals surface area contributed by atoms with Gasteiger partial charge in [0.15, 0.2) is 0 Å². The molecule has 3 atom stereocenters. The molecule has 0 spiro atoms. The smallest absolute Gasteiger partial charge is 0.408 e. The Morgan fingerprint density at radius 3 is 1.89 bits per heavy atom. The number of rotatable bonds is 12. The van der Waals surface area contributed by atoms with Crippen molar-refractivity contribution in [2.45, 2.75) is 104 Å². The zero-order chi connectivity index (χ0) is 34.1. The van der Waals surface area contributed by atoms with E-state index >= 15 is 0 Å². The van der Waals surface area contributed by atoms with E-state index in [1.807, 2.05) is 50.2 Å². The molecule has 0 fully saturated rings. The molecule has 11 heteroatoms. The van der Waals surface area contributed by atoms with Crippen LogP contribution >= 0.6 is 0 Å². The summed E-state index contributed by atoms with van der Waals surface area (Å²) in [6.45, 7) is 14.0. The van der Waals surface area contributed by atoms with E-state index in [9.17, 15) is 24.0 Å². The maximum atomic E-state index is 14.2. The number of nitrogens with one attached hydrogen (secondary N) is 2. The SMILES string of the molecule is Cc1cc(C)cc(C(C(=O)NC(Cc2ccccc2)C(=O)OC(C)(C)C)N(C)C(=O)C(CCC(N)=O)NC(=O)OC(C)(C)C)c1. The number of hydrogen-bond acceptors (Lipinski definition) is 7. The van der Waals surface area contributed by atoms with Crippen LogP contribution in [-0.4, -0.2) is 65.0 Å². The van der Waals surface area contributed by atoms with Crippen molar-refractivity contribution >= 4 is 29.8 Å². The van der Waals surface area contributed by atoms with Gasteiger partial charge in [0.05, 0.1) is 0 Å². The molecule has 0 heterocycles. The molecule has 2 aromatic carbocycles. The van der Waals surface area contributed by atoms with E-state index in [1.165, 1.54) is 11.9 Å². The molecule has 0 aliphatic rings. The molecule has 0 bridgehead atoms. The van der Waals surface area contributed by atoms with Crippen LogP contribution in [0.1, 0.15) is 82.7 Å². The van der Waals surface area contributed by atoms with Crippen LogP contribution in [0.25, 0.3) is 0 Å². The Balaban J connectivity index is 2.53. The third-order valence-corrected chi connectivity index (χ3v) is 6.50. The zero-order valence-electron chi connectivity index (χ0n) is 27.9. The molecule has 3 unspecified atom stereocenters. The van der Waals surface area contributed by atoms with E-state index in [2.05, 4.69) is 10.6 Å². The number of ether oxygens (including phenoxy) is 2. The predicted octanol–water partition coefficient (Wildman–Crippen LogP) is 4.03. The number of primary amides is 1. The lowest BCUT2D eigenvalue weighted by atomic mass is 9.97. The standard InChI is InChI=1S/C34H48N4O7/c1-21-17-22(2)19-24(18-21)28(38(9)30(41)25(15-16-27(35)39)37-32(43)45-34(6,7)8)29(40)36-26(31(42)44-33(3,4)5)20-23-13-11-10-12-14-23/h10-14,17-19,25-26,28H,15-16,20H2,1-9H3,(H2,35,39)(H,36,40)(H,37,43). The molecular formula is C34H48N4O7. The quantitative estimate of drug-likeness (QED) is 0.301. The summed E-state index contributed by atoms with van der Waals surface area (Å²) in [5, 5.41) is 5.36. The van der Waals surface area contributed by atoms with Crippen LogP contribution in [0, 0.1) is 13.8 Å². The average molecular weight is 625 g/mol. The van der Waals surface area contributed by atoms with Crippen LogP contribution < -0.4 is 16.4 Å². The minimum absolute atomic E-state index is 0.118. The van der Waals surface area contributed by atoms with Crippen molar-refractivity contribution in [2.24, 2.45) is 5.73 Å². The van der Waals surface area contributed by atoms with Crippen molar-refractivity contribution < 1.29 is 33.4 Å². The van der Waals surface area contributed by atoms with Gasteiger partial charge in [0.25, 0.3) is 0 Å². The molecule has 4 amide bonds. The minimum atomic E-state index is -1.23. The van der Waals surface area contributed by atoms with E-state index < -0.39 is 59.1 Å².